The number of nitrogens with two attached hydrogens (primary N) is 2. The van der Waals surface area contributed by atoms with E-state index in [0.29, 0.717) is 0 Å². The van der Waals surface area contributed by atoms with Crippen molar-refractivity contribution in [1.82, 2.24) is 0 Å². The number of hydrogen-bond acceptors (Lipinski definition) is 5. The summed E-state index contributed by atoms with van der Waals surface area (Å²) >= 11 is 0. The third-order valence-corrected chi connectivity index (χ3v) is 2.99. The molecule has 90 valence electrons. The van der Waals surface area contributed by atoms with Gasteiger partial charge in [0.1, 0.15) is 11.5 Å². The fourth-order valence-corrected chi connectivity index (χ4v) is 2.22. The van der Waals surface area contributed by atoms with Crippen molar-refractivity contribution in [3.05, 3.63) is 17.9 Å². The average molecular weight is 248 g/mol. The molecule has 0 saturated heterocycles. The van der Waals surface area contributed by atoms with E-state index in [9.17, 15) is 12.8 Å². The summed E-state index contributed by atoms with van der Waals surface area (Å²) in [5.74, 6) is -1.14. The van der Waals surface area contributed by atoms with Gasteiger partial charge in [-0.3, -0.25) is 0 Å². The molecule has 1 aromatic rings. The van der Waals surface area contributed by atoms with Crippen molar-refractivity contribution in [2.75, 3.05) is 25.1 Å². The molecule has 0 heterocycles. The van der Waals surface area contributed by atoms with Gasteiger partial charge in [0, 0.05) is 12.8 Å². The second kappa shape index (κ2) is 4.67. The minimum Gasteiger partial charge on any atom is -0.488 e. The van der Waals surface area contributed by atoms with Crippen LogP contribution in [0.1, 0.15) is 0 Å². The predicted molar refractivity (Wildman–Crippen MR) is 58.5 cm³/mol. The van der Waals surface area contributed by atoms with E-state index in [1.807, 2.05) is 0 Å². The maximum atomic E-state index is 13.4. The lowest BCUT2D eigenvalue weighted by Gasteiger charge is -2.12. The summed E-state index contributed by atoms with van der Waals surface area (Å²) in [6.07, 6.45) is 0.938. The normalized spacial score (nSPS) is 11.4. The van der Waals surface area contributed by atoms with Crippen LogP contribution in [-0.2, 0) is 9.84 Å². The van der Waals surface area contributed by atoms with Gasteiger partial charge >= 0.3 is 0 Å². The Kier molecular flexibility index (Phi) is 3.71. The van der Waals surface area contributed by atoms with Gasteiger partial charge < -0.3 is 16.2 Å². The number of sulfone groups is 1. The second-order valence-corrected chi connectivity index (χ2v) is 5.16. The van der Waals surface area contributed by atoms with Gasteiger partial charge in [-0.05, 0) is 12.1 Å². The number of nitrogen functional groups attached to an aromatic ring is 1. The third-order valence-electron chi connectivity index (χ3n) is 1.83. The van der Waals surface area contributed by atoms with E-state index in [1.165, 1.54) is 6.07 Å². The zero-order valence-corrected chi connectivity index (χ0v) is 9.55. The molecule has 0 atom stereocenters. The molecule has 1 aromatic carbocycles. The number of ether oxygens (including phenoxy) is 1. The summed E-state index contributed by atoms with van der Waals surface area (Å²) in [4.78, 5) is -0.332. The van der Waals surface area contributed by atoms with Crippen LogP contribution in [0.3, 0.4) is 0 Å². The monoisotopic (exact) mass is 248 g/mol. The Bertz CT molecular complexity index is 488. The molecule has 0 unspecified atom stereocenters. The zero-order valence-electron chi connectivity index (χ0n) is 8.73. The van der Waals surface area contributed by atoms with Crippen LogP contribution in [0.15, 0.2) is 17.0 Å². The van der Waals surface area contributed by atoms with E-state index in [1.54, 1.807) is 0 Å². The maximum Gasteiger partial charge on any atom is 0.181 e. The Balaban J connectivity index is 3.38. The molecule has 0 aromatic heterocycles. The highest BCUT2D eigenvalue weighted by molar-refractivity contribution is 7.91. The van der Waals surface area contributed by atoms with E-state index in [0.717, 1.165) is 12.3 Å². The van der Waals surface area contributed by atoms with Crippen LogP contribution in [0.4, 0.5) is 10.1 Å². The maximum absolute atomic E-state index is 13.4. The van der Waals surface area contributed by atoms with Gasteiger partial charge in [0.15, 0.2) is 21.4 Å². The molecule has 0 amide bonds. The van der Waals surface area contributed by atoms with Crippen molar-refractivity contribution >= 4 is 15.5 Å². The smallest absolute Gasteiger partial charge is 0.181 e. The highest BCUT2D eigenvalue weighted by Gasteiger charge is 2.21. The summed E-state index contributed by atoms with van der Waals surface area (Å²) in [6, 6.07) is 2.23. The van der Waals surface area contributed by atoms with Gasteiger partial charge in [0.25, 0.3) is 0 Å². The molecule has 0 aliphatic carbocycles. The van der Waals surface area contributed by atoms with E-state index < -0.39 is 15.7 Å². The third kappa shape index (κ3) is 2.61. The predicted octanol–water partition coefficient (Wildman–Crippen LogP) is 0.149. The van der Waals surface area contributed by atoms with Gasteiger partial charge in [-0.15, -0.1) is 0 Å². The van der Waals surface area contributed by atoms with Crippen LogP contribution in [0, 0.1) is 5.82 Å². The lowest BCUT2D eigenvalue weighted by atomic mass is 10.3. The molecule has 0 spiro atoms. The standard InChI is InChI=1S/C9H13FN2O3S/c1-16(13,14)9-7(12)3-2-6(10)8(9)15-5-4-11/h2-3H,4-5,11-12H2,1H3. The van der Waals surface area contributed by atoms with Gasteiger partial charge in [-0.1, -0.05) is 0 Å². The second-order valence-electron chi connectivity index (χ2n) is 3.20. The summed E-state index contributed by atoms with van der Waals surface area (Å²) in [6.45, 7) is 0.167. The average Bonchev–Trinajstić information content (AvgIpc) is 2.17. The Labute approximate surface area is 93.1 Å². The molecule has 7 heteroatoms. The zero-order chi connectivity index (χ0) is 12.3. The highest BCUT2D eigenvalue weighted by Crippen LogP contribution is 2.32. The van der Waals surface area contributed by atoms with Crippen molar-refractivity contribution in [3.8, 4) is 5.75 Å². The molecule has 16 heavy (non-hydrogen) atoms. The molecule has 0 radical (unpaired) electrons. The summed E-state index contributed by atoms with van der Waals surface area (Å²) < 4.78 is 41.2. The number of rotatable bonds is 4. The Morgan fingerprint density at radius 2 is 2.06 bits per heavy atom. The topological polar surface area (TPSA) is 95.4 Å². The number of anilines is 1. The van der Waals surface area contributed by atoms with Crippen LogP contribution in [0.2, 0.25) is 0 Å². The molecular formula is C9H13FN2O3S. The van der Waals surface area contributed by atoms with Crippen molar-refractivity contribution in [1.29, 1.82) is 0 Å². The minimum atomic E-state index is -3.65. The summed E-state index contributed by atoms with van der Waals surface area (Å²) in [7, 11) is -3.65. The van der Waals surface area contributed by atoms with Crippen molar-refractivity contribution in [2.24, 2.45) is 5.73 Å². The van der Waals surface area contributed by atoms with Crippen LogP contribution in [0.5, 0.6) is 5.75 Å². The minimum absolute atomic E-state index is 0.0168. The molecule has 4 N–H and O–H groups in total. The summed E-state index contributed by atoms with van der Waals surface area (Å²) in [5.41, 5.74) is 10.6. The molecule has 0 aliphatic rings. The van der Waals surface area contributed by atoms with Crippen molar-refractivity contribution in [2.45, 2.75) is 4.90 Å². The van der Waals surface area contributed by atoms with Gasteiger partial charge in [0.05, 0.1) is 5.69 Å². The quantitative estimate of drug-likeness (QED) is 0.739. The van der Waals surface area contributed by atoms with E-state index in [-0.39, 0.29) is 29.5 Å². The van der Waals surface area contributed by atoms with Gasteiger partial charge in [-0.2, -0.15) is 0 Å². The van der Waals surface area contributed by atoms with Crippen molar-refractivity contribution in [3.63, 3.8) is 0 Å². The molecule has 0 saturated carbocycles. The van der Waals surface area contributed by atoms with Crippen LogP contribution < -0.4 is 16.2 Å². The number of halogens is 1. The fourth-order valence-electron chi connectivity index (χ4n) is 1.23. The largest absolute Gasteiger partial charge is 0.488 e. The van der Waals surface area contributed by atoms with Gasteiger partial charge in [0.2, 0.25) is 0 Å². The number of benzene rings is 1. The van der Waals surface area contributed by atoms with Crippen LogP contribution >= 0.6 is 0 Å². The van der Waals surface area contributed by atoms with E-state index in [2.05, 4.69) is 0 Å². The Morgan fingerprint density at radius 1 is 1.44 bits per heavy atom. The van der Waals surface area contributed by atoms with Crippen LogP contribution in [0.25, 0.3) is 0 Å². The fraction of sp³-hybridized carbons (Fsp3) is 0.333. The lowest BCUT2D eigenvalue weighted by molar-refractivity contribution is 0.302. The summed E-state index contributed by atoms with van der Waals surface area (Å²) in [5, 5.41) is 0. The Morgan fingerprint density at radius 3 is 2.56 bits per heavy atom. The number of hydrogen-bond donors (Lipinski definition) is 2. The molecule has 1 rings (SSSR count). The first-order chi connectivity index (χ1) is 7.38. The molecule has 0 fully saturated rings. The van der Waals surface area contributed by atoms with Gasteiger partial charge in [-0.25, -0.2) is 12.8 Å². The first-order valence-corrected chi connectivity index (χ1v) is 6.38. The Hall–Kier alpha value is -1.34. The SMILES string of the molecule is CS(=O)(=O)c1c(N)ccc(F)c1OCCN. The molecule has 0 aliphatic heterocycles. The molecule has 5 nitrogen and oxygen atoms in total. The lowest BCUT2D eigenvalue weighted by Crippen LogP contribution is -2.14. The molecular weight excluding hydrogens is 235 g/mol. The van der Waals surface area contributed by atoms with E-state index in [4.69, 9.17) is 16.2 Å². The first-order valence-electron chi connectivity index (χ1n) is 4.49. The van der Waals surface area contributed by atoms with E-state index >= 15 is 0 Å². The van der Waals surface area contributed by atoms with Crippen molar-refractivity contribution < 1.29 is 17.5 Å². The molecule has 0 bridgehead atoms. The highest BCUT2D eigenvalue weighted by atomic mass is 32.2. The first kappa shape index (κ1) is 12.7. The van der Waals surface area contributed by atoms with Crippen LogP contribution in [-0.4, -0.2) is 27.8 Å².